The van der Waals surface area contributed by atoms with Crippen molar-refractivity contribution in [2.75, 3.05) is 26.7 Å². The third-order valence-electron chi connectivity index (χ3n) is 4.13. The van der Waals surface area contributed by atoms with Gasteiger partial charge in [0.2, 0.25) is 0 Å². The molecule has 4 unspecified atom stereocenters. The molecule has 102 valence electrons. The summed E-state index contributed by atoms with van der Waals surface area (Å²) in [4.78, 5) is 4.92. The molecule has 3 N–H and O–H groups in total. The number of nitrogens with zero attached hydrogens (tertiary/aromatic N) is 2. The molecule has 0 amide bonds. The fourth-order valence-corrected chi connectivity index (χ4v) is 2.67. The quantitative estimate of drug-likeness (QED) is 0.755. The van der Waals surface area contributed by atoms with Gasteiger partial charge < -0.3 is 10.8 Å². The van der Waals surface area contributed by atoms with E-state index in [9.17, 15) is 5.11 Å². The van der Waals surface area contributed by atoms with E-state index in [0.717, 1.165) is 19.5 Å². The zero-order valence-electron chi connectivity index (χ0n) is 12.0. The van der Waals surface area contributed by atoms with Gasteiger partial charge in [-0.1, -0.05) is 0 Å². The Labute approximate surface area is 106 Å². The molecule has 0 aromatic rings. The number of hydrogen-bond acceptors (Lipinski definition) is 4. The second-order valence-electron chi connectivity index (χ2n) is 6.18. The highest BCUT2D eigenvalue weighted by molar-refractivity contribution is 4.89. The van der Waals surface area contributed by atoms with E-state index in [1.165, 1.54) is 0 Å². The van der Waals surface area contributed by atoms with Crippen LogP contribution in [-0.4, -0.2) is 65.3 Å². The van der Waals surface area contributed by atoms with Crippen molar-refractivity contribution in [1.82, 2.24) is 9.80 Å². The number of nitrogens with two attached hydrogens (primary N) is 1. The zero-order valence-corrected chi connectivity index (χ0v) is 12.0. The van der Waals surface area contributed by atoms with Gasteiger partial charge in [0.25, 0.3) is 0 Å². The van der Waals surface area contributed by atoms with E-state index in [4.69, 9.17) is 5.73 Å². The molecular weight excluding hydrogens is 214 g/mol. The molecule has 1 aliphatic rings. The maximum absolute atomic E-state index is 9.24. The highest BCUT2D eigenvalue weighted by Crippen LogP contribution is 2.20. The Bertz CT molecular complexity index is 233. The molecule has 0 bridgehead atoms. The molecule has 4 nitrogen and oxygen atoms in total. The molecule has 4 atom stereocenters. The summed E-state index contributed by atoms with van der Waals surface area (Å²) in [6, 6.07) is 1.59. The Morgan fingerprint density at radius 2 is 1.82 bits per heavy atom. The van der Waals surface area contributed by atoms with E-state index in [-0.39, 0.29) is 6.61 Å². The van der Waals surface area contributed by atoms with E-state index in [0.29, 0.717) is 18.1 Å². The second-order valence-corrected chi connectivity index (χ2v) is 6.18. The third kappa shape index (κ3) is 3.91. The Hall–Kier alpha value is -0.160. The van der Waals surface area contributed by atoms with Crippen LogP contribution in [0.5, 0.6) is 0 Å². The van der Waals surface area contributed by atoms with Gasteiger partial charge in [-0.15, -0.1) is 0 Å². The Morgan fingerprint density at radius 1 is 1.35 bits per heavy atom. The summed E-state index contributed by atoms with van der Waals surface area (Å²) >= 11 is 0. The summed E-state index contributed by atoms with van der Waals surface area (Å²) in [6.45, 7) is 10.9. The van der Waals surface area contributed by atoms with Crippen LogP contribution in [0.1, 0.15) is 34.1 Å². The SMILES string of the molecule is CC(CC(C)(N)CO)N1CC(C)N(C)C(C)C1. The molecule has 1 saturated heterocycles. The average Bonchev–Trinajstić information content (AvgIpc) is 2.24. The molecule has 1 aliphatic heterocycles. The first-order chi connectivity index (χ1) is 7.76. The lowest BCUT2D eigenvalue weighted by molar-refractivity contribution is 0.0271. The molecule has 0 aromatic heterocycles. The van der Waals surface area contributed by atoms with Crippen LogP contribution in [0.2, 0.25) is 0 Å². The maximum Gasteiger partial charge on any atom is 0.0609 e. The topological polar surface area (TPSA) is 52.7 Å². The van der Waals surface area contributed by atoms with Crippen molar-refractivity contribution in [3.63, 3.8) is 0 Å². The van der Waals surface area contributed by atoms with Crippen LogP contribution in [0.15, 0.2) is 0 Å². The summed E-state index contributed by atoms with van der Waals surface area (Å²) in [5.74, 6) is 0. The predicted molar refractivity (Wildman–Crippen MR) is 72.0 cm³/mol. The molecule has 0 radical (unpaired) electrons. The molecular formula is C13H29N3O. The molecule has 0 saturated carbocycles. The van der Waals surface area contributed by atoms with E-state index < -0.39 is 5.54 Å². The standard InChI is InChI=1S/C13H29N3O/c1-10(6-13(4,14)9-17)16-7-11(2)15(5)12(3)8-16/h10-12,17H,6-9,14H2,1-5H3. The van der Waals surface area contributed by atoms with Crippen LogP contribution >= 0.6 is 0 Å². The van der Waals surface area contributed by atoms with Gasteiger partial charge in [-0.05, 0) is 41.2 Å². The number of aliphatic hydroxyl groups is 1. The smallest absolute Gasteiger partial charge is 0.0609 e. The monoisotopic (exact) mass is 243 g/mol. The molecule has 17 heavy (non-hydrogen) atoms. The number of rotatable bonds is 4. The van der Waals surface area contributed by atoms with Crippen molar-refractivity contribution in [2.24, 2.45) is 5.73 Å². The highest BCUT2D eigenvalue weighted by Gasteiger charge is 2.31. The molecule has 4 heteroatoms. The lowest BCUT2D eigenvalue weighted by Crippen LogP contribution is -2.58. The summed E-state index contributed by atoms with van der Waals surface area (Å²) in [6.07, 6.45) is 0.840. The van der Waals surface area contributed by atoms with E-state index in [2.05, 4.69) is 37.6 Å². The zero-order chi connectivity index (χ0) is 13.2. The van der Waals surface area contributed by atoms with Crippen molar-refractivity contribution in [3.8, 4) is 0 Å². The Balaban J connectivity index is 2.56. The average molecular weight is 243 g/mol. The minimum absolute atomic E-state index is 0.0518. The van der Waals surface area contributed by atoms with Crippen molar-refractivity contribution in [3.05, 3.63) is 0 Å². The third-order valence-corrected chi connectivity index (χ3v) is 4.13. The highest BCUT2D eigenvalue weighted by atomic mass is 16.3. The number of piperazine rings is 1. The van der Waals surface area contributed by atoms with Crippen LogP contribution in [0.4, 0.5) is 0 Å². The predicted octanol–water partition coefficient (Wildman–Crippen LogP) is 0.499. The van der Waals surface area contributed by atoms with E-state index >= 15 is 0 Å². The first-order valence-corrected chi connectivity index (χ1v) is 6.62. The van der Waals surface area contributed by atoms with Crippen LogP contribution in [0.25, 0.3) is 0 Å². The minimum atomic E-state index is -0.463. The van der Waals surface area contributed by atoms with Gasteiger partial charge in [-0.3, -0.25) is 9.80 Å². The molecule has 0 spiro atoms. The van der Waals surface area contributed by atoms with E-state index in [1.54, 1.807) is 0 Å². The van der Waals surface area contributed by atoms with Crippen molar-refractivity contribution in [2.45, 2.75) is 57.8 Å². The molecule has 1 fully saturated rings. The van der Waals surface area contributed by atoms with Gasteiger partial charge in [0.1, 0.15) is 0 Å². The van der Waals surface area contributed by atoms with Crippen LogP contribution in [0, 0.1) is 0 Å². The van der Waals surface area contributed by atoms with Gasteiger partial charge in [0, 0.05) is 36.8 Å². The molecule has 0 aliphatic carbocycles. The number of likely N-dealkylation sites (N-methyl/N-ethyl adjacent to an activating group) is 1. The number of aliphatic hydroxyl groups excluding tert-OH is 1. The first kappa shape index (κ1) is 14.9. The van der Waals surface area contributed by atoms with Crippen LogP contribution in [-0.2, 0) is 0 Å². The van der Waals surface area contributed by atoms with Gasteiger partial charge >= 0.3 is 0 Å². The summed E-state index contributed by atoms with van der Waals surface area (Å²) in [5, 5.41) is 9.24. The van der Waals surface area contributed by atoms with Gasteiger partial charge in [-0.25, -0.2) is 0 Å². The van der Waals surface area contributed by atoms with Gasteiger partial charge in [0.05, 0.1) is 6.61 Å². The first-order valence-electron chi connectivity index (χ1n) is 6.62. The lowest BCUT2D eigenvalue weighted by Gasteiger charge is -2.46. The van der Waals surface area contributed by atoms with Gasteiger partial charge in [0.15, 0.2) is 0 Å². The van der Waals surface area contributed by atoms with Gasteiger partial charge in [-0.2, -0.15) is 0 Å². The number of hydrogen-bond donors (Lipinski definition) is 2. The largest absolute Gasteiger partial charge is 0.394 e. The van der Waals surface area contributed by atoms with Crippen molar-refractivity contribution >= 4 is 0 Å². The fraction of sp³-hybridized carbons (Fsp3) is 1.00. The van der Waals surface area contributed by atoms with Crippen molar-refractivity contribution < 1.29 is 5.11 Å². The summed E-state index contributed by atoms with van der Waals surface area (Å²) < 4.78 is 0. The summed E-state index contributed by atoms with van der Waals surface area (Å²) in [5.41, 5.74) is 5.57. The maximum atomic E-state index is 9.24. The normalized spacial score (nSPS) is 33.4. The molecule has 1 heterocycles. The van der Waals surface area contributed by atoms with Crippen molar-refractivity contribution in [1.29, 1.82) is 0 Å². The van der Waals surface area contributed by atoms with E-state index in [1.807, 2.05) is 6.92 Å². The lowest BCUT2D eigenvalue weighted by atomic mass is 9.94. The molecule has 0 aromatic carbocycles. The van der Waals surface area contributed by atoms with Crippen LogP contribution < -0.4 is 5.73 Å². The fourth-order valence-electron chi connectivity index (χ4n) is 2.67. The second kappa shape index (κ2) is 5.65. The Morgan fingerprint density at radius 3 is 2.24 bits per heavy atom. The minimum Gasteiger partial charge on any atom is -0.394 e. The van der Waals surface area contributed by atoms with Crippen LogP contribution in [0.3, 0.4) is 0 Å². The molecule has 1 rings (SSSR count). The summed E-state index contributed by atoms with van der Waals surface area (Å²) in [7, 11) is 2.19. The Kier molecular flexibility index (Phi) is 4.95.